The lowest BCUT2D eigenvalue weighted by atomic mass is 9.55. The highest BCUT2D eigenvalue weighted by molar-refractivity contribution is 6.14. The van der Waals surface area contributed by atoms with Gasteiger partial charge in [0, 0.05) is 23.0 Å². The van der Waals surface area contributed by atoms with Crippen LogP contribution in [0.4, 0.5) is 5.69 Å². The van der Waals surface area contributed by atoms with Crippen LogP contribution in [0.3, 0.4) is 0 Å². The molecule has 2 fully saturated rings. The number of carbonyl (C=O) groups is 1. The minimum atomic E-state index is -0.124. The van der Waals surface area contributed by atoms with Crippen LogP contribution in [0.15, 0.2) is 77.8 Å². The number of fused-ring (bicyclic) bond motifs is 5. The van der Waals surface area contributed by atoms with Gasteiger partial charge >= 0.3 is 0 Å². The van der Waals surface area contributed by atoms with Crippen molar-refractivity contribution in [2.24, 2.45) is 22.2 Å². The van der Waals surface area contributed by atoms with Crippen LogP contribution in [-0.2, 0) is 11.2 Å². The first-order valence-corrected chi connectivity index (χ1v) is 12.9. The first kappa shape index (κ1) is 22.0. The molecule has 0 N–H and O–H groups in total. The molecule has 6 rings (SSSR count). The summed E-state index contributed by atoms with van der Waals surface area (Å²) < 4.78 is 0. The van der Waals surface area contributed by atoms with Gasteiger partial charge < -0.3 is 0 Å². The van der Waals surface area contributed by atoms with Crippen LogP contribution >= 0.6 is 0 Å². The van der Waals surface area contributed by atoms with E-state index in [1.165, 1.54) is 11.1 Å². The first-order valence-electron chi connectivity index (χ1n) is 12.9. The first-order chi connectivity index (χ1) is 17.1. The Bertz CT molecular complexity index is 1310. The molecule has 3 unspecified atom stereocenters. The Labute approximate surface area is 207 Å². The lowest BCUT2D eigenvalue weighted by Crippen LogP contribution is -2.42. The summed E-state index contributed by atoms with van der Waals surface area (Å²) in [5, 5.41) is 10.3. The molecule has 2 saturated carbocycles. The molecule has 174 valence electrons. The second-order valence-electron chi connectivity index (χ2n) is 10.7. The number of Topliss-reactive ketones (excluding diaryl/α,β-unsaturated/α-hetero) is 1. The molecule has 3 aromatic carbocycles. The van der Waals surface area contributed by atoms with Crippen LogP contribution in [0.25, 0.3) is 0 Å². The number of aliphatic imine (C=N–C) groups is 1. The summed E-state index contributed by atoms with van der Waals surface area (Å²) in [5.74, 6) is 1.98. The number of hydrogen-bond donors (Lipinski definition) is 0. The molecular formula is C32H30N2O. The molecule has 4 atom stereocenters. The largest absolute Gasteiger partial charge is 0.299 e. The van der Waals surface area contributed by atoms with E-state index >= 15 is 0 Å². The molecule has 3 aromatic rings. The summed E-state index contributed by atoms with van der Waals surface area (Å²) in [6.07, 6.45) is 5.77. The van der Waals surface area contributed by atoms with Gasteiger partial charge in [-0.1, -0.05) is 73.7 Å². The average molecular weight is 459 g/mol. The summed E-state index contributed by atoms with van der Waals surface area (Å²) in [5.41, 5.74) is 6.83. The Kier molecular flexibility index (Phi) is 5.41. The number of carbonyl (C=O) groups excluding carboxylic acids is 1. The standard InChI is InChI=1S/C32H30N2O/c1-32-19-18-25-23-14-16-29(27(20-33)24(23)12-13-26(25)28(32)15-17-30(32)35)34-31(21-8-4-2-5-9-21)22-10-6-3-7-11-22/h2-11,14,16,25-26,28H,12-13,15,17-19H2,1H3/t25?,26?,28?,32-/m0/s1. The van der Waals surface area contributed by atoms with Crippen molar-refractivity contribution in [2.75, 3.05) is 0 Å². The number of hydrogen-bond acceptors (Lipinski definition) is 3. The molecule has 0 heterocycles. The van der Waals surface area contributed by atoms with Crippen molar-refractivity contribution in [1.29, 1.82) is 5.26 Å². The summed E-state index contributed by atoms with van der Waals surface area (Å²) in [7, 11) is 0. The lowest BCUT2D eigenvalue weighted by molar-refractivity contribution is -0.129. The Morgan fingerprint density at radius 1 is 0.914 bits per heavy atom. The molecule has 3 aliphatic carbocycles. The number of rotatable bonds is 3. The predicted molar refractivity (Wildman–Crippen MR) is 139 cm³/mol. The normalized spacial score (nSPS) is 26.7. The highest BCUT2D eigenvalue weighted by Gasteiger charge is 2.54. The van der Waals surface area contributed by atoms with E-state index in [1.807, 2.05) is 36.4 Å². The monoisotopic (exact) mass is 458 g/mol. The number of ketones is 1. The van der Waals surface area contributed by atoms with E-state index in [-0.39, 0.29) is 5.41 Å². The van der Waals surface area contributed by atoms with Gasteiger partial charge in [-0.3, -0.25) is 4.79 Å². The highest BCUT2D eigenvalue weighted by Crippen LogP contribution is 2.60. The second kappa shape index (κ2) is 8.61. The third kappa shape index (κ3) is 3.55. The van der Waals surface area contributed by atoms with Crippen molar-refractivity contribution in [3.05, 3.63) is 101 Å². The van der Waals surface area contributed by atoms with Gasteiger partial charge in [-0.15, -0.1) is 0 Å². The van der Waals surface area contributed by atoms with Gasteiger partial charge in [0.1, 0.15) is 11.9 Å². The Morgan fingerprint density at radius 3 is 2.26 bits per heavy atom. The Morgan fingerprint density at radius 2 is 1.60 bits per heavy atom. The zero-order chi connectivity index (χ0) is 24.0. The van der Waals surface area contributed by atoms with Gasteiger partial charge in [-0.25, -0.2) is 4.99 Å². The quantitative estimate of drug-likeness (QED) is 0.391. The molecule has 0 saturated heterocycles. The minimum Gasteiger partial charge on any atom is -0.299 e. The number of benzene rings is 3. The topological polar surface area (TPSA) is 53.2 Å². The summed E-state index contributed by atoms with van der Waals surface area (Å²) in [4.78, 5) is 17.8. The Hall–Kier alpha value is -3.51. The molecule has 0 radical (unpaired) electrons. The molecule has 3 heteroatoms. The van der Waals surface area contributed by atoms with E-state index in [2.05, 4.69) is 49.4 Å². The molecule has 0 aliphatic heterocycles. The number of nitriles is 1. The van der Waals surface area contributed by atoms with Gasteiger partial charge in [0.25, 0.3) is 0 Å². The van der Waals surface area contributed by atoms with Crippen LogP contribution in [-0.4, -0.2) is 11.5 Å². The average Bonchev–Trinajstić information content (AvgIpc) is 3.22. The van der Waals surface area contributed by atoms with Crippen molar-refractivity contribution in [1.82, 2.24) is 0 Å². The second-order valence-corrected chi connectivity index (χ2v) is 10.7. The van der Waals surface area contributed by atoms with E-state index in [9.17, 15) is 10.1 Å². The van der Waals surface area contributed by atoms with Crippen LogP contribution in [0.2, 0.25) is 0 Å². The SMILES string of the molecule is C[C@]12CCC3c4ccc(N=C(c5ccccc5)c5ccccc5)c(C#N)c4CCC3C1CCC2=O. The molecule has 0 bridgehead atoms. The fourth-order valence-electron chi connectivity index (χ4n) is 7.25. The summed E-state index contributed by atoms with van der Waals surface area (Å²) in [6.45, 7) is 2.21. The van der Waals surface area contributed by atoms with Crippen LogP contribution in [0, 0.1) is 28.6 Å². The van der Waals surface area contributed by atoms with E-state index in [1.54, 1.807) is 0 Å². The van der Waals surface area contributed by atoms with Gasteiger partial charge in [-0.2, -0.15) is 5.26 Å². The molecular weight excluding hydrogens is 428 g/mol. The predicted octanol–water partition coefficient (Wildman–Crippen LogP) is 7.15. The molecule has 0 spiro atoms. The third-order valence-corrected chi connectivity index (χ3v) is 9.04. The summed E-state index contributed by atoms with van der Waals surface area (Å²) >= 11 is 0. The molecule has 0 aromatic heterocycles. The van der Waals surface area contributed by atoms with Crippen molar-refractivity contribution < 1.29 is 4.79 Å². The van der Waals surface area contributed by atoms with Crippen molar-refractivity contribution in [2.45, 2.75) is 51.4 Å². The van der Waals surface area contributed by atoms with Gasteiger partial charge in [0.05, 0.1) is 17.0 Å². The van der Waals surface area contributed by atoms with E-state index in [0.29, 0.717) is 23.5 Å². The smallest absolute Gasteiger partial charge is 0.139 e. The lowest BCUT2D eigenvalue weighted by Gasteiger charge is -2.48. The van der Waals surface area contributed by atoms with Crippen molar-refractivity contribution >= 4 is 17.2 Å². The molecule has 3 nitrogen and oxygen atoms in total. The van der Waals surface area contributed by atoms with Crippen LogP contribution < -0.4 is 0 Å². The van der Waals surface area contributed by atoms with Crippen LogP contribution in [0.1, 0.15) is 72.8 Å². The Balaban J connectivity index is 1.43. The highest BCUT2D eigenvalue weighted by atomic mass is 16.1. The maximum Gasteiger partial charge on any atom is 0.139 e. The van der Waals surface area contributed by atoms with Gasteiger partial charge in [-0.05, 0) is 67.1 Å². The van der Waals surface area contributed by atoms with E-state index < -0.39 is 0 Å². The van der Waals surface area contributed by atoms with E-state index in [4.69, 9.17) is 4.99 Å². The zero-order valence-corrected chi connectivity index (χ0v) is 20.2. The fraction of sp³-hybridized carbons (Fsp3) is 0.344. The number of nitrogens with zero attached hydrogens (tertiary/aromatic N) is 2. The van der Waals surface area contributed by atoms with Gasteiger partial charge in [0.15, 0.2) is 0 Å². The third-order valence-electron chi connectivity index (χ3n) is 9.04. The van der Waals surface area contributed by atoms with Crippen molar-refractivity contribution in [3.63, 3.8) is 0 Å². The maximum atomic E-state index is 12.7. The van der Waals surface area contributed by atoms with Crippen LogP contribution in [0.5, 0.6) is 0 Å². The van der Waals surface area contributed by atoms with Gasteiger partial charge in [0.2, 0.25) is 0 Å². The molecule has 0 amide bonds. The fourth-order valence-corrected chi connectivity index (χ4v) is 7.25. The minimum absolute atomic E-state index is 0.124. The molecule has 3 aliphatic rings. The molecule has 35 heavy (non-hydrogen) atoms. The maximum absolute atomic E-state index is 12.7. The van der Waals surface area contributed by atoms with E-state index in [0.717, 1.165) is 66.6 Å². The van der Waals surface area contributed by atoms with Crippen molar-refractivity contribution in [3.8, 4) is 6.07 Å². The summed E-state index contributed by atoms with van der Waals surface area (Å²) in [6, 6.07) is 27.2. The zero-order valence-electron chi connectivity index (χ0n) is 20.2.